The van der Waals surface area contributed by atoms with E-state index in [1.807, 2.05) is 19.1 Å². The number of hydrogen-bond donors (Lipinski definition) is 2. The Morgan fingerprint density at radius 1 is 1.20 bits per heavy atom. The van der Waals surface area contributed by atoms with Gasteiger partial charge < -0.3 is 10.6 Å². The molecular formula is C14H11ClFIN2S. The molecule has 0 aliphatic carbocycles. The van der Waals surface area contributed by atoms with Crippen LogP contribution in [0.5, 0.6) is 0 Å². The van der Waals surface area contributed by atoms with E-state index < -0.39 is 5.82 Å². The molecule has 20 heavy (non-hydrogen) atoms. The minimum atomic E-state index is -0.454. The molecule has 0 aromatic heterocycles. The van der Waals surface area contributed by atoms with Crippen molar-refractivity contribution >= 4 is 62.9 Å². The zero-order valence-electron chi connectivity index (χ0n) is 10.5. The minimum absolute atomic E-state index is 0.0586. The van der Waals surface area contributed by atoms with Gasteiger partial charge in [-0.25, -0.2) is 4.39 Å². The van der Waals surface area contributed by atoms with Gasteiger partial charge in [-0.05, 0) is 83.7 Å². The summed E-state index contributed by atoms with van der Waals surface area (Å²) in [5.74, 6) is -0.454. The number of aryl methyl sites for hydroxylation is 1. The van der Waals surface area contributed by atoms with E-state index in [-0.39, 0.29) is 5.02 Å². The highest BCUT2D eigenvalue weighted by Crippen LogP contribution is 2.21. The van der Waals surface area contributed by atoms with E-state index in [0.717, 1.165) is 14.8 Å². The lowest BCUT2D eigenvalue weighted by Crippen LogP contribution is -2.19. The number of anilines is 2. The minimum Gasteiger partial charge on any atom is -0.332 e. The van der Waals surface area contributed by atoms with Gasteiger partial charge in [0, 0.05) is 14.9 Å². The summed E-state index contributed by atoms with van der Waals surface area (Å²) in [6.45, 7) is 2.00. The molecule has 0 heterocycles. The molecule has 0 saturated heterocycles. The Morgan fingerprint density at radius 2 is 1.95 bits per heavy atom. The molecule has 0 amide bonds. The molecule has 0 saturated carbocycles. The summed E-state index contributed by atoms with van der Waals surface area (Å²) in [6.07, 6.45) is 0. The lowest BCUT2D eigenvalue weighted by molar-refractivity contribution is 0.628. The van der Waals surface area contributed by atoms with Crippen LogP contribution in [0.4, 0.5) is 15.8 Å². The normalized spacial score (nSPS) is 10.2. The fourth-order valence-electron chi connectivity index (χ4n) is 1.63. The van der Waals surface area contributed by atoms with Crippen LogP contribution < -0.4 is 10.6 Å². The van der Waals surface area contributed by atoms with Gasteiger partial charge in [-0.1, -0.05) is 11.6 Å². The molecule has 2 N–H and O–H groups in total. The van der Waals surface area contributed by atoms with E-state index in [1.165, 1.54) is 12.1 Å². The first-order chi connectivity index (χ1) is 9.45. The number of hydrogen-bond acceptors (Lipinski definition) is 1. The van der Waals surface area contributed by atoms with Crippen LogP contribution in [0.2, 0.25) is 5.02 Å². The first kappa shape index (κ1) is 15.5. The highest BCUT2D eigenvalue weighted by molar-refractivity contribution is 14.1. The molecule has 0 aliphatic rings. The van der Waals surface area contributed by atoms with E-state index in [1.54, 1.807) is 6.07 Å². The zero-order chi connectivity index (χ0) is 14.7. The largest absolute Gasteiger partial charge is 0.332 e. The molecule has 2 aromatic carbocycles. The summed E-state index contributed by atoms with van der Waals surface area (Å²) in [5, 5.41) is 6.55. The zero-order valence-corrected chi connectivity index (χ0v) is 14.2. The fraction of sp³-hybridized carbons (Fsp3) is 0.0714. The maximum atomic E-state index is 13.1. The lowest BCUT2D eigenvalue weighted by Gasteiger charge is -2.13. The summed E-state index contributed by atoms with van der Waals surface area (Å²) >= 11 is 13.2. The molecule has 104 valence electrons. The first-order valence-corrected chi connectivity index (χ1v) is 7.61. The Balaban J connectivity index is 2.07. The third kappa shape index (κ3) is 4.04. The molecule has 6 heteroatoms. The summed E-state index contributed by atoms with van der Waals surface area (Å²) < 4.78 is 14.2. The number of nitrogens with one attached hydrogen (secondary N) is 2. The summed E-state index contributed by atoms with van der Waals surface area (Å²) in [5.41, 5.74) is 2.66. The van der Waals surface area contributed by atoms with E-state index in [2.05, 4.69) is 39.3 Å². The van der Waals surface area contributed by atoms with Crippen molar-refractivity contribution in [3.63, 3.8) is 0 Å². The highest BCUT2D eigenvalue weighted by Gasteiger charge is 2.04. The van der Waals surface area contributed by atoms with E-state index in [4.69, 9.17) is 23.8 Å². The van der Waals surface area contributed by atoms with Crippen molar-refractivity contribution in [3.05, 3.63) is 56.4 Å². The summed E-state index contributed by atoms with van der Waals surface area (Å²) in [4.78, 5) is 0. The van der Waals surface area contributed by atoms with Crippen molar-refractivity contribution in [2.45, 2.75) is 6.92 Å². The smallest absolute Gasteiger partial charge is 0.175 e. The van der Waals surface area contributed by atoms with Gasteiger partial charge in [0.25, 0.3) is 0 Å². The second-order valence-electron chi connectivity index (χ2n) is 4.17. The monoisotopic (exact) mass is 420 g/mol. The maximum Gasteiger partial charge on any atom is 0.175 e. The van der Waals surface area contributed by atoms with Crippen LogP contribution in [0.25, 0.3) is 0 Å². The Hall–Kier alpha value is -0.920. The average molecular weight is 421 g/mol. The van der Waals surface area contributed by atoms with Gasteiger partial charge in [-0.3, -0.25) is 0 Å². The van der Waals surface area contributed by atoms with E-state index >= 15 is 0 Å². The van der Waals surface area contributed by atoms with E-state index in [0.29, 0.717) is 10.8 Å². The fourth-order valence-corrected chi connectivity index (χ4v) is 2.68. The molecule has 2 rings (SSSR count). The molecule has 0 radical (unpaired) electrons. The van der Waals surface area contributed by atoms with E-state index in [9.17, 15) is 4.39 Å². The van der Waals surface area contributed by atoms with Crippen LogP contribution in [0.1, 0.15) is 5.56 Å². The van der Waals surface area contributed by atoms with Gasteiger partial charge in [0.1, 0.15) is 5.82 Å². The van der Waals surface area contributed by atoms with Crippen LogP contribution in [0.15, 0.2) is 36.4 Å². The van der Waals surface area contributed by atoms with Crippen LogP contribution in [0, 0.1) is 16.3 Å². The quantitative estimate of drug-likeness (QED) is 0.516. The van der Waals surface area contributed by atoms with Gasteiger partial charge in [-0.15, -0.1) is 0 Å². The highest BCUT2D eigenvalue weighted by atomic mass is 127. The Morgan fingerprint density at radius 3 is 2.60 bits per heavy atom. The number of thiocarbonyl (C=S) groups is 1. The third-order valence-corrected chi connectivity index (χ3v) is 3.78. The molecule has 2 aromatic rings. The van der Waals surface area contributed by atoms with Crippen LogP contribution in [0.3, 0.4) is 0 Å². The maximum absolute atomic E-state index is 13.1. The first-order valence-electron chi connectivity index (χ1n) is 5.75. The van der Waals surface area contributed by atoms with Gasteiger partial charge in [0.15, 0.2) is 5.11 Å². The standard InChI is InChI=1S/C14H11ClFIN2S/c1-8-6-9(17)2-5-13(8)19-14(20)18-10-3-4-12(16)11(15)7-10/h2-7H,1H3,(H2,18,19,20). The number of rotatable bonds is 2. The van der Waals surface area contributed by atoms with Crippen molar-refractivity contribution in [2.24, 2.45) is 0 Å². The van der Waals surface area contributed by atoms with Crippen molar-refractivity contribution in [2.75, 3.05) is 10.6 Å². The topological polar surface area (TPSA) is 24.1 Å². The summed E-state index contributed by atoms with van der Waals surface area (Å²) in [6, 6.07) is 10.4. The van der Waals surface area contributed by atoms with Gasteiger partial charge in [0.2, 0.25) is 0 Å². The molecule has 0 atom stereocenters. The summed E-state index contributed by atoms with van der Waals surface area (Å²) in [7, 11) is 0. The van der Waals surface area contributed by atoms with Gasteiger partial charge in [-0.2, -0.15) is 0 Å². The molecule has 0 fully saturated rings. The van der Waals surface area contributed by atoms with Gasteiger partial charge >= 0.3 is 0 Å². The molecule has 0 unspecified atom stereocenters. The molecule has 0 spiro atoms. The number of halogens is 3. The number of benzene rings is 2. The predicted molar refractivity (Wildman–Crippen MR) is 95.1 cm³/mol. The molecule has 0 bridgehead atoms. The molecular weight excluding hydrogens is 410 g/mol. The Kier molecular flexibility index (Phi) is 5.17. The molecule has 0 aliphatic heterocycles. The Bertz CT molecular complexity index is 664. The Labute approximate surface area is 140 Å². The van der Waals surface area contributed by atoms with Crippen LogP contribution in [-0.2, 0) is 0 Å². The van der Waals surface area contributed by atoms with Crippen LogP contribution in [-0.4, -0.2) is 5.11 Å². The van der Waals surface area contributed by atoms with Crippen molar-refractivity contribution in [1.82, 2.24) is 0 Å². The van der Waals surface area contributed by atoms with Crippen LogP contribution >= 0.6 is 46.4 Å². The van der Waals surface area contributed by atoms with Crippen molar-refractivity contribution < 1.29 is 4.39 Å². The predicted octanol–water partition coefficient (Wildman–Crippen LogP) is 5.20. The van der Waals surface area contributed by atoms with Crippen molar-refractivity contribution in [1.29, 1.82) is 0 Å². The average Bonchev–Trinajstić information content (AvgIpc) is 2.37. The molecule has 2 nitrogen and oxygen atoms in total. The SMILES string of the molecule is Cc1cc(I)ccc1NC(=S)Nc1ccc(F)c(Cl)c1. The second-order valence-corrected chi connectivity index (χ2v) is 6.23. The van der Waals surface area contributed by atoms with Crippen molar-refractivity contribution in [3.8, 4) is 0 Å². The van der Waals surface area contributed by atoms with Gasteiger partial charge in [0.05, 0.1) is 5.02 Å². The lowest BCUT2D eigenvalue weighted by atomic mass is 10.2. The third-order valence-electron chi connectivity index (χ3n) is 2.61. The second kappa shape index (κ2) is 6.69.